The first-order valence-corrected chi connectivity index (χ1v) is 7.08. The van der Waals surface area contributed by atoms with Gasteiger partial charge in [-0.1, -0.05) is 64.5 Å². The summed E-state index contributed by atoms with van der Waals surface area (Å²) in [4.78, 5) is 0. The monoisotopic (exact) mass is 216 g/mol. The van der Waals surface area contributed by atoms with Crippen molar-refractivity contribution < 1.29 is 0 Å². The standard InChI is InChI=1S/C14H26B2/c1-4-6-12-8-7-11(3)13(12)10-14(15,16)9-5-2/h11-13H,4-10H2,1-3H3. The molecule has 0 aromatic heterocycles. The molecule has 0 amide bonds. The molecule has 1 fully saturated rings. The molecule has 0 spiro atoms. The van der Waals surface area contributed by atoms with Crippen LogP contribution in [0.15, 0.2) is 0 Å². The summed E-state index contributed by atoms with van der Waals surface area (Å²) >= 11 is 0. The van der Waals surface area contributed by atoms with E-state index in [2.05, 4.69) is 20.8 Å². The second-order valence-corrected chi connectivity index (χ2v) is 5.95. The van der Waals surface area contributed by atoms with E-state index in [-0.39, 0.29) is 0 Å². The Balaban J connectivity index is 2.55. The minimum absolute atomic E-state index is 0.427. The Labute approximate surface area is 105 Å². The molecule has 0 N–H and O–H groups in total. The normalized spacial score (nSPS) is 30.8. The topological polar surface area (TPSA) is 0 Å². The van der Waals surface area contributed by atoms with E-state index < -0.39 is 5.21 Å². The molecule has 2 heteroatoms. The van der Waals surface area contributed by atoms with E-state index in [1.807, 2.05) is 0 Å². The Morgan fingerprint density at radius 1 is 1.12 bits per heavy atom. The Bertz CT molecular complexity index is 199. The summed E-state index contributed by atoms with van der Waals surface area (Å²) in [7, 11) is 12.4. The Morgan fingerprint density at radius 3 is 2.38 bits per heavy atom. The lowest BCUT2D eigenvalue weighted by Gasteiger charge is -2.33. The lowest BCUT2D eigenvalue weighted by atomic mass is 9.48. The summed E-state index contributed by atoms with van der Waals surface area (Å²) in [6.07, 6.45) is 8.48. The van der Waals surface area contributed by atoms with Crippen LogP contribution in [0.2, 0.25) is 5.21 Å². The highest BCUT2D eigenvalue weighted by atomic mass is 14.4. The third kappa shape index (κ3) is 3.86. The zero-order chi connectivity index (χ0) is 12.2. The third-order valence-electron chi connectivity index (χ3n) is 4.32. The van der Waals surface area contributed by atoms with Gasteiger partial charge < -0.3 is 0 Å². The maximum atomic E-state index is 6.21. The fourth-order valence-electron chi connectivity index (χ4n) is 3.47. The predicted octanol–water partition coefficient (Wildman–Crippen LogP) is 4.09. The zero-order valence-electron chi connectivity index (χ0n) is 11.3. The van der Waals surface area contributed by atoms with E-state index in [0.29, 0.717) is 0 Å². The van der Waals surface area contributed by atoms with Gasteiger partial charge in [0.05, 0.1) is 15.7 Å². The lowest BCUT2D eigenvalue weighted by molar-refractivity contribution is 0.273. The van der Waals surface area contributed by atoms with E-state index in [4.69, 9.17) is 15.7 Å². The third-order valence-corrected chi connectivity index (χ3v) is 4.32. The molecule has 16 heavy (non-hydrogen) atoms. The van der Waals surface area contributed by atoms with E-state index in [1.165, 1.54) is 25.7 Å². The van der Waals surface area contributed by atoms with Crippen LogP contribution >= 0.6 is 0 Å². The van der Waals surface area contributed by atoms with Crippen LogP contribution in [0.4, 0.5) is 0 Å². The van der Waals surface area contributed by atoms with E-state index >= 15 is 0 Å². The van der Waals surface area contributed by atoms with Gasteiger partial charge in [-0.15, -0.1) is 0 Å². The van der Waals surface area contributed by atoms with Gasteiger partial charge in [0.2, 0.25) is 0 Å². The Morgan fingerprint density at radius 2 is 1.81 bits per heavy atom. The van der Waals surface area contributed by atoms with Crippen molar-refractivity contribution >= 4 is 15.7 Å². The average Bonchev–Trinajstić information content (AvgIpc) is 2.50. The first-order chi connectivity index (χ1) is 7.50. The van der Waals surface area contributed by atoms with Crippen LogP contribution in [-0.2, 0) is 0 Å². The molecule has 4 radical (unpaired) electrons. The van der Waals surface area contributed by atoms with Crippen LogP contribution in [-0.4, -0.2) is 15.7 Å². The Kier molecular flexibility index (Phi) is 5.47. The van der Waals surface area contributed by atoms with Gasteiger partial charge >= 0.3 is 0 Å². The van der Waals surface area contributed by atoms with Crippen molar-refractivity contribution in [3.05, 3.63) is 0 Å². The van der Waals surface area contributed by atoms with Crippen molar-refractivity contribution in [2.75, 3.05) is 0 Å². The van der Waals surface area contributed by atoms with Gasteiger partial charge in [-0.25, -0.2) is 0 Å². The largest absolute Gasteiger partial charge is 0.0987 e. The number of hydrogen-bond acceptors (Lipinski definition) is 0. The van der Waals surface area contributed by atoms with Crippen molar-refractivity contribution in [3.8, 4) is 0 Å². The van der Waals surface area contributed by atoms with Gasteiger partial charge in [-0.2, -0.15) is 0 Å². The zero-order valence-corrected chi connectivity index (χ0v) is 11.3. The van der Waals surface area contributed by atoms with Crippen LogP contribution < -0.4 is 0 Å². The molecule has 0 aromatic rings. The van der Waals surface area contributed by atoms with Gasteiger partial charge in [0.15, 0.2) is 0 Å². The van der Waals surface area contributed by atoms with E-state index in [1.54, 1.807) is 0 Å². The summed E-state index contributed by atoms with van der Waals surface area (Å²) in [6, 6.07) is 0. The van der Waals surface area contributed by atoms with Gasteiger partial charge in [-0.3, -0.25) is 0 Å². The molecule has 1 aliphatic rings. The molecule has 0 heterocycles. The van der Waals surface area contributed by atoms with Crippen molar-refractivity contribution in [1.29, 1.82) is 0 Å². The van der Waals surface area contributed by atoms with Crippen molar-refractivity contribution in [2.45, 2.75) is 70.9 Å². The van der Waals surface area contributed by atoms with Gasteiger partial charge in [0.25, 0.3) is 0 Å². The van der Waals surface area contributed by atoms with Crippen LogP contribution in [0, 0.1) is 17.8 Å². The maximum Gasteiger partial charge on any atom is 0.0620 e. The summed E-state index contributed by atoms with van der Waals surface area (Å²) in [5.41, 5.74) is 0. The SMILES string of the molecule is [B]C([B])(CCC)CC1C(C)CCC1CCC. The second kappa shape index (κ2) is 6.17. The lowest BCUT2D eigenvalue weighted by Crippen LogP contribution is -2.23. The molecule has 0 aromatic carbocycles. The molecule has 0 bridgehead atoms. The molecule has 0 saturated heterocycles. The minimum atomic E-state index is -0.427. The Hall–Kier alpha value is 0.130. The van der Waals surface area contributed by atoms with Crippen LogP contribution in [0.5, 0.6) is 0 Å². The smallest absolute Gasteiger partial charge is 0.0620 e. The fraction of sp³-hybridized carbons (Fsp3) is 1.00. The molecule has 0 nitrogen and oxygen atoms in total. The van der Waals surface area contributed by atoms with Gasteiger partial charge in [0, 0.05) is 0 Å². The number of rotatable bonds is 6. The first kappa shape index (κ1) is 14.2. The molecular weight excluding hydrogens is 190 g/mol. The molecule has 3 unspecified atom stereocenters. The van der Waals surface area contributed by atoms with E-state index in [0.717, 1.165) is 37.0 Å². The van der Waals surface area contributed by atoms with Crippen molar-refractivity contribution in [2.24, 2.45) is 17.8 Å². The minimum Gasteiger partial charge on any atom is -0.0987 e. The van der Waals surface area contributed by atoms with E-state index in [9.17, 15) is 0 Å². The molecule has 1 aliphatic carbocycles. The molecule has 1 saturated carbocycles. The fourth-order valence-corrected chi connectivity index (χ4v) is 3.47. The summed E-state index contributed by atoms with van der Waals surface area (Å²) in [5, 5.41) is -0.427. The van der Waals surface area contributed by atoms with Crippen LogP contribution in [0.25, 0.3) is 0 Å². The van der Waals surface area contributed by atoms with Crippen LogP contribution in [0.1, 0.15) is 65.7 Å². The molecule has 3 atom stereocenters. The molecule has 1 rings (SSSR count). The highest BCUT2D eigenvalue weighted by molar-refractivity contribution is 6.39. The van der Waals surface area contributed by atoms with Crippen molar-refractivity contribution in [1.82, 2.24) is 0 Å². The van der Waals surface area contributed by atoms with Gasteiger partial charge in [-0.05, 0) is 24.2 Å². The first-order valence-electron chi connectivity index (χ1n) is 7.08. The van der Waals surface area contributed by atoms with Crippen molar-refractivity contribution in [3.63, 3.8) is 0 Å². The summed E-state index contributed by atoms with van der Waals surface area (Å²) in [5.74, 6) is 2.46. The highest BCUT2D eigenvalue weighted by Gasteiger charge is 2.35. The summed E-state index contributed by atoms with van der Waals surface area (Å²) < 4.78 is 0. The van der Waals surface area contributed by atoms with Gasteiger partial charge in [0.1, 0.15) is 0 Å². The molecule has 88 valence electrons. The molecule has 0 aliphatic heterocycles. The molecular formula is C14H26B2. The second-order valence-electron chi connectivity index (χ2n) is 5.95. The maximum absolute atomic E-state index is 6.21. The predicted molar refractivity (Wildman–Crippen MR) is 74.0 cm³/mol. The highest BCUT2D eigenvalue weighted by Crippen LogP contribution is 2.46. The van der Waals surface area contributed by atoms with Crippen LogP contribution in [0.3, 0.4) is 0 Å². The summed E-state index contributed by atoms with van der Waals surface area (Å²) in [6.45, 7) is 6.82. The average molecular weight is 216 g/mol. The quantitative estimate of drug-likeness (QED) is 0.586. The number of hydrogen-bond donors (Lipinski definition) is 0.